The number of amides is 1. The van der Waals surface area contributed by atoms with Crippen molar-refractivity contribution in [2.75, 3.05) is 33.4 Å². The Kier molecular flexibility index (Phi) is 11.8. The monoisotopic (exact) mass is 817 g/mol. The van der Waals surface area contributed by atoms with Crippen LogP contribution in [0.15, 0.2) is 0 Å². The summed E-state index contributed by atoms with van der Waals surface area (Å²) in [7, 11) is -22.7. The first-order chi connectivity index (χ1) is 22.4. The van der Waals surface area contributed by atoms with Crippen LogP contribution in [-0.2, 0) is 54.4 Å². The standard InChI is InChI=1S/C16H22F5NO6S2.C9H16F2N2O5S2/c1-9(15(17,18)29(24,25)22(2)30(26,27)16(19,20)21)28-13(23)14-6-10-3-11(7-14)5-12(4-10)8-14;1-12(19(2,15)16)20(17,18)9(10,11)8(14)13-6-4-3-5-7-13/h9-12H,3-8H2,1-2H3;3-7H2,1-2H3. The first-order valence-corrected chi connectivity index (χ1v) is 21.3. The fourth-order valence-electron chi connectivity index (χ4n) is 7.10. The Morgan fingerprint density at radius 3 is 1.52 bits per heavy atom. The summed E-state index contributed by atoms with van der Waals surface area (Å²) in [5.41, 5.74) is -7.11. The van der Waals surface area contributed by atoms with Gasteiger partial charge in [-0.15, -0.1) is 0 Å². The Balaban J connectivity index is 0.000000295. The maximum atomic E-state index is 14.6. The Hall–Kier alpha value is -1.83. The van der Waals surface area contributed by atoms with Gasteiger partial charge in [0, 0.05) is 27.2 Å². The molecule has 1 saturated heterocycles. The molecule has 25 heteroatoms. The molecule has 4 aliphatic carbocycles. The number of piperidine rings is 1. The van der Waals surface area contributed by atoms with Crippen LogP contribution in [0.4, 0.5) is 30.7 Å². The summed E-state index contributed by atoms with van der Waals surface area (Å²) >= 11 is 0. The molecule has 5 rings (SSSR count). The van der Waals surface area contributed by atoms with Crippen LogP contribution < -0.4 is 0 Å². The SMILES string of the molecule is CC(OC(=O)C12CC3CC(CC(C3)C1)C2)C(F)(F)S(=O)(=O)N(C)S(=O)(=O)C(F)(F)F.CN(S(C)(=O)=O)S(=O)(=O)C(F)(F)C(=O)N1CCCCC1. The van der Waals surface area contributed by atoms with Crippen LogP contribution in [0.1, 0.15) is 64.7 Å². The van der Waals surface area contributed by atoms with E-state index in [1.807, 2.05) is 0 Å². The van der Waals surface area contributed by atoms with Gasteiger partial charge >= 0.3 is 47.9 Å². The average Bonchev–Trinajstić information content (AvgIpc) is 2.98. The van der Waals surface area contributed by atoms with Crippen molar-refractivity contribution < 1.29 is 78.7 Å². The fourth-order valence-corrected chi connectivity index (χ4v) is 12.2. The van der Waals surface area contributed by atoms with E-state index in [0.717, 1.165) is 30.6 Å². The molecule has 4 saturated carbocycles. The van der Waals surface area contributed by atoms with Gasteiger partial charge in [-0.3, -0.25) is 9.59 Å². The number of hydrogen-bond donors (Lipinski definition) is 0. The summed E-state index contributed by atoms with van der Waals surface area (Å²) in [5.74, 6) is -2.12. The number of ether oxygens (including phenoxy) is 1. The van der Waals surface area contributed by atoms with Crippen LogP contribution in [0.2, 0.25) is 0 Å². The van der Waals surface area contributed by atoms with Crippen molar-refractivity contribution in [2.45, 2.75) is 86.8 Å². The van der Waals surface area contributed by atoms with E-state index in [9.17, 15) is 74.0 Å². The maximum absolute atomic E-state index is 14.6. The number of carbonyl (C=O) groups is 2. The highest BCUT2D eigenvalue weighted by molar-refractivity contribution is 8.05. The molecule has 14 nitrogen and oxygen atoms in total. The number of sulfonamides is 4. The highest BCUT2D eigenvalue weighted by atomic mass is 32.3. The lowest BCUT2D eigenvalue weighted by atomic mass is 9.49. The molecular formula is C25H38F7N3O11S4. The number of carbonyl (C=O) groups excluding carboxylic acids is 2. The van der Waals surface area contributed by atoms with Crippen LogP contribution in [0, 0.1) is 23.2 Å². The molecular weight excluding hydrogens is 780 g/mol. The topological polar surface area (TPSA) is 190 Å². The van der Waals surface area contributed by atoms with E-state index in [1.54, 1.807) is 0 Å². The molecule has 5 aliphatic rings. The Morgan fingerprint density at radius 1 is 0.720 bits per heavy atom. The second-order valence-corrected chi connectivity index (χ2v) is 21.6. The van der Waals surface area contributed by atoms with Crippen LogP contribution in [-0.4, -0.2) is 113 Å². The van der Waals surface area contributed by atoms with Gasteiger partial charge in [-0.05, 0) is 82.5 Å². The van der Waals surface area contributed by atoms with E-state index in [-0.39, 0.29) is 37.9 Å². The predicted molar refractivity (Wildman–Crippen MR) is 160 cm³/mol. The van der Waals surface area contributed by atoms with Gasteiger partial charge in [0.1, 0.15) is 0 Å². The Morgan fingerprint density at radius 2 is 1.14 bits per heavy atom. The number of alkyl halides is 7. The van der Waals surface area contributed by atoms with Gasteiger partial charge in [-0.1, -0.05) is 7.42 Å². The molecule has 1 atom stereocenters. The summed E-state index contributed by atoms with van der Waals surface area (Å²) < 4.78 is 190. The molecule has 0 radical (unpaired) electrons. The maximum Gasteiger partial charge on any atom is 0.512 e. The number of halogens is 7. The van der Waals surface area contributed by atoms with Gasteiger partial charge in [-0.2, -0.15) is 30.7 Å². The van der Waals surface area contributed by atoms with E-state index < -0.39 is 86.9 Å². The van der Waals surface area contributed by atoms with Gasteiger partial charge in [0.25, 0.3) is 10.0 Å². The highest BCUT2D eigenvalue weighted by Gasteiger charge is 2.63. The quantitative estimate of drug-likeness (QED) is 0.233. The van der Waals surface area contributed by atoms with E-state index in [4.69, 9.17) is 4.74 Å². The second kappa shape index (κ2) is 13.9. The number of nitrogens with zero attached hydrogens (tertiary/aromatic N) is 3. The second-order valence-electron chi connectivity index (χ2n) is 13.2. The zero-order chi connectivity index (χ0) is 38.7. The average molecular weight is 818 g/mol. The highest BCUT2D eigenvalue weighted by Crippen LogP contribution is 2.60. The summed E-state index contributed by atoms with van der Waals surface area (Å²) in [6.45, 7) is 0.586. The van der Waals surface area contributed by atoms with Crippen molar-refractivity contribution in [1.29, 1.82) is 0 Å². The zero-order valence-electron chi connectivity index (χ0n) is 27.2. The molecule has 1 aliphatic heterocycles. The van der Waals surface area contributed by atoms with Crippen LogP contribution in [0.3, 0.4) is 0 Å². The number of likely N-dealkylation sites (tertiary alicyclic amines) is 1. The van der Waals surface area contributed by atoms with E-state index in [2.05, 4.69) is 0 Å². The largest absolute Gasteiger partial charge is 0.512 e. The van der Waals surface area contributed by atoms with E-state index >= 15 is 0 Å². The van der Waals surface area contributed by atoms with Crippen molar-refractivity contribution in [1.82, 2.24) is 12.3 Å². The lowest BCUT2D eigenvalue weighted by molar-refractivity contribution is -0.185. The van der Waals surface area contributed by atoms with Crippen molar-refractivity contribution in [3.8, 4) is 0 Å². The smallest absolute Gasteiger partial charge is 0.455 e. The normalized spacial score (nSPS) is 27.1. The molecule has 1 unspecified atom stereocenters. The summed E-state index contributed by atoms with van der Waals surface area (Å²) in [6, 6.07) is 0. The van der Waals surface area contributed by atoms with Crippen molar-refractivity contribution in [2.24, 2.45) is 23.2 Å². The minimum Gasteiger partial charge on any atom is -0.455 e. The first kappa shape index (κ1) is 42.6. The lowest BCUT2D eigenvalue weighted by Gasteiger charge is -2.55. The van der Waals surface area contributed by atoms with Crippen LogP contribution in [0.25, 0.3) is 0 Å². The van der Waals surface area contributed by atoms with Gasteiger partial charge in [0.2, 0.25) is 10.0 Å². The molecule has 4 bridgehead atoms. The van der Waals surface area contributed by atoms with Gasteiger partial charge in [0.15, 0.2) is 6.10 Å². The molecule has 50 heavy (non-hydrogen) atoms. The molecule has 1 heterocycles. The first-order valence-electron chi connectivity index (χ1n) is 15.1. The van der Waals surface area contributed by atoms with Gasteiger partial charge in [0.05, 0.1) is 11.7 Å². The predicted octanol–water partition coefficient (Wildman–Crippen LogP) is 2.65. The minimum absolute atomic E-state index is 0.0343. The summed E-state index contributed by atoms with van der Waals surface area (Å²) in [4.78, 5) is 25.2. The Labute approximate surface area is 285 Å². The number of rotatable bonds is 10. The van der Waals surface area contributed by atoms with Crippen molar-refractivity contribution in [3.05, 3.63) is 0 Å². The molecule has 0 aromatic heterocycles. The van der Waals surface area contributed by atoms with E-state index in [1.165, 1.54) is 0 Å². The molecule has 0 spiro atoms. The molecule has 0 aromatic rings. The number of hydrogen-bond acceptors (Lipinski definition) is 11. The molecule has 292 valence electrons. The van der Waals surface area contributed by atoms with Crippen molar-refractivity contribution in [3.63, 3.8) is 0 Å². The molecule has 0 aromatic carbocycles. The van der Waals surface area contributed by atoms with E-state index in [0.29, 0.717) is 52.3 Å². The zero-order valence-corrected chi connectivity index (χ0v) is 30.5. The third kappa shape index (κ3) is 7.76. The summed E-state index contributed by atoms with van der Waals surface area (Å²) in [5, 5.41) is -9.90. The lowest BCUT2D eigenvalue weighted by Crippen LogP contribution is -2.55. The molecule has 1 amide bonds. The fraction of sp³-hybridized carbons (Fsp3) is 0.920. The number of esters is 1. The van der Waals surface area contributed by atoms with Gasteiger partial charge < -0.3 is 9.64 Å². The Bertz CT molecular complexity index is 1730. The molecule has 5 fully saturated rings. The summed E-state index contributed by atoms with van der Waals surface area (Å²) in [6.07, 6.45) is 3.67. The third-order valence-corrected chi connectivity index (χ3v) is 17.5. The molecule has 0 N–H and O–H groups in total. The third-order valence-electron chi connectivity index (χ3n) is 9.56. The van der Waals surface area contributed by atoms with Crippen LogP contribution >= 0.6 is 0 Å². The van der Waals surface area contributed by atoms with Crippen LogP contribution in [0.5, 0.6) is 0 Å². The van der Waals surface area contributed by atoms with Crippen molar-refractivity contribution >= 4 is 52.0 Å². The van der Waals surface area contributed by atoms with Gasteiger partial charge in [-0.25, -0.2) is 33.7 Å². The minimum atomic E-state index is -6.59.